The molecule has 28 heavy (non-hydrogen) atoms. The summed E-state index contributed by atoms with van der Waals surface area (Å²) in [5.41, 5.74) is 4.19. The summed E-state index contributed by atoms with van der Waals surface area (Å²) in [6, 6.07) is 5.07. The second kappa shape index (κ2) is 6.35. The molecule has 0 aliphatic carbocycles. The molecule has 3 aliphatic rings. The Balaban J connectivity index is 1.30. The van der Waals surface area contributed by atoms with Crippen LogP contribution in [0.4, 0.5) is 0 Å². The number of ether oxygens (including phenoxy) is 1. The quantitative estimate of drug-likeness (QED) is 0.710. The maximum atomic E-state index is 13.1. The third-order valence-electron chi connectivity index (χ3n) is 5.96. The highest BCUT2D eigenvalue weighted by Gasteiger charge is 2.44. The lowest BCUT2D eigenvalue weighted by Gasteiger charge is -2.29. The predicted molar refractivity (Wildman–Crippen MR) is 106 cm³/mol. The molecule has 148 valence electrons. The zero-order valence-electron chi connectivity index (χ0n) is 15.6. The van der Waals surface area contributed by atoms with Crippen LogP contribution in [0.15, 0.2) is 39.8 Å². The smallest absolute Gasteiger partial charge is 0.243 e. The highest BCUT2D eigenvalue weighted by Crippen LogP contribution is 2.35. The summed E-state index contributed by atoms with van der Waals surface area (Å²) >= 11 is 1.43. The number of hydrogen-bond acceptors (Lipinski definition) is 6. The van der Waals surface area contributed by atoms with Gasteiger partial charge in [-0.3, -0.25) is 4.79 Å². The van der Waals surface area contributed by atoms with Gasteiger partial charge in [0.25, 0.3) is 0 Å². The molecular formula is C19H21N3O4S2. The molecule has 3 aliphatic heterocycles. The molecule has 1 saturated heterocycles. The van der Waals surface area contributed by atoms with E-state index in [4.69, 9.17) is 4.74 Å². The molecule has 0 saturated carbocycles. The van der Waals surface area contributed by atoms with Crippen LogP contribution in [0.25, 0.3) is 10.2 Å². The third-order valence-corrected chi connectivity index (χ3v) is 8.54. The number of amides is 1. The molecule has 4 heterocycles. The van der Waals surface area contributed by atoms with Crippen molar-refractivity contribution in [2.45, 2.75) is 18.2 Å². The maximum Gasteiger partial charge on any atom is 0.243 e. The lowest BCUT2D eigenvalue weighted by molar-refractivity contribution is -0.140. The van der Waals surface area contributed by atoms with E-state index >= 15 is 0 Å². The largest absolute Gasteiger partial charge is 0.380 e. The molecule has 0 spiro atoms. The van der Waals surface area contributed by atoms with Gasteiger partial charge < -0.3 is 9.64 Å². The zero-order valence-corrected chi connectivity index (χ0v) is 17.2. The Kier molecular flexibility index (Phi) is 4.13. The Bertz CT molecular complexity index is 1080. The van der Waals surface area contributed by atoms with Gasteiger partial charge in [-0.2, -0.15) is 4.31 Å². The Labute approximate surface area is 167 Å². The van der Waals surface area contributed by atoms with E-state index in [1.807, 2.05) is 11.8 Å². The number of aromatic nitrogens is 1. The van der Waals surface area contributed by atoms with Crippen LogP contribution < -0.4 is 0 Å². The van der Waals surface area contributed by atoms with Crippen LogP contribution in [0.3, 0.4) is 0 Å². The SMILES string of the molecule is CC1(C(=O)N2CC3=C(C2)CN(S(=O)(=O)c2ccc4ncsc4c2)C3)CCOC1. The van der Waals surface area contributed by atoms with Gasteiger partial charge >= 0.3 is 0 Å². The van der Waals surface area contributed by atoms with Gasteiger partial charge in [-0.05, 0) is 42.7 Å². The van der Waals surface area contributed by atoms with E-state index in [0.29, 0.717) is 44.3 Å². The molecule has 7 nitrogen and oxygen atoms in total. The van der Waals surface area contributed by atoms with E-state index in [2.05, 4.69) is 4.98 Å². The van der Waals surface area contributed by atoms with Crippen LogP contribution in [-0.4, -0.2) is 67.9 Å². The highest BCUT2D eigenvalue weighted by atomic mass is 32.2. The molecule has 5 rings (SSSR count). The van der Waals surface area contributed by atoms with Gasteiger partial charge in [-0.15, -0.1) is 11.3 Å². The number of thiazole rings is 1. The van der Waals surface area contributed by atoms with Crippen LogP contribution in [0.2, 0.25) is 0 Å². The first-order valence-electron chi connectivity index (χ1n) is 9.27. The first-order chi connectivity index (χ1) is 13.4. The van der Waals surface area contributed by atoms with Crippen molar-refractivity contribution >= 4 is 37.5 Å². The van der Waals surface area contributed by atoms with E-state index in [1.54, 1.807) is 23.7 Å². The second-order valence-corrected chi connectivity index (χ2v) is 10.8. The van der Waals surface area contributed by atoms with Crippen molar-refractivity contribution in [3.63, 3.8) is 0 Å². The number of carbonyl (C=O) groups is 1. The van der Waals surface area contributed by atoms with Crippen LogP contribution in [-0.2, 0) is 19.6 Å². The minimum Gasteiger partial charge on any atom is -0.380 e. The zero-order chi connectivity index (χ0) is 19.5. The summed E-state index contributed by atoms with van der Waals surface area (Å²) in [6.07, 6.45) is 0.744. The Morgan fingerprint density at radius 1 is 1.21 bits per heavy atom. The van der Waals surface area contributed by atoms with Crippen LogP contribution in [0.1, 0.15) is 13.3 Å². The van der Waals surface area contributed by atoms with Crippen LogP contribution in [0, 0.1) is 5.41 Å². The average molecular weight is 420 g/mol. The number of benzene rings is 1. The molecule has 1 fully saturated rings. The molecule has 1 aromatic heterocycles. The fourth-order valence-corrected chi connectivity index (χ4v) is 6.47. The fourth-order valence-electron chi connectivity index (χ4n) is 4.22. The summed E-state index contributed by atoms with van der Waals surface area (Å²) in [5, 5.41) is 0. The molecule has 0 radical (unpaired) electrons. The van der Waals surface area contributed by atoms with Crippen LogP contribution >= 0.6 is 11.3 Å². The molecule has 1 amide bonds. The van der Waals surface area contributed by atoms with Gasteiger partial charge in [0.15, 0.2) is 0 Å². The standard InChI is InChI=1S/C19H21N3O4S2/c1-19(4-5-26-11-19)18(23)21-7-13-9-22(10-14(13)8-21)28(24,25)15-2-3-16-17(6-15)27-12-20-16/h2-3,6,12H,4-5,7-11H2,1H3. The van der Waals surface area contributed by atoms with Gasteiger partial charge in [0.1, 0.15) is 0 Å². The topological polar surface area (TPSA) is 79.8 Å². The number of hydrogen-bond donors (Lipinski definition) is 0. The van der Waals surface area contributed by atoms with Gasteiger partial charge in [0.2, 0.25) is 15.9 Å². The van der Waals surface area contributed by atoms with Gasteiger partial charge in [-0.25, -0.2) is 13.4 Å². The van der Waals surface area contributed by atoms with Gasteiger partial charge in [0, 0.05) is 32.8 Å². The lowest BCUT2D eigenvalue weighted by atomic mass is 9.88. The molecule has 9 heteroatoms. The van der Waals surface area contributed by atoms with Crippen LogP contribution in [0.5, 0.6) is 0 Å². The van der Waals surface area contributed by atoms with Crippen molar-refractivity contribution in [3.05, 3.63) is 34.9 Å². The molecule has 0 bridgehead atoms. The van der Waals surface area contributed by atoms with Gasteiger partial charge in [0.05, 0.1) is 32.6 Å². The number of fused-ring (bicyclic) bond motifs is 1. The molecule has 1 atom stereocenters. The normalized spacial score (nSPS) is 25.8. The number of carbonyl (C=O) groups excluding carboxylic acids is 1. The second-order valence-electron chi connectivity index (χ2n) is 7.99. The third kappa shape index (κ3) is 2.80. The van der Waals surface area contributed by atoms with Crippen molar-refractivity contribution in [2.24, 2.45) is 5.41 Å². The summed E-state index contributed by atoms with van der Waals surface area (Å²) in [5.74, 6) is 0.115. The molecule has 1 unspecified atom stereocenters. The van der Waals surface area contributed by atoms with Crippen molar-refractivity contribution in [1.29, 1.82) is 0 Å². The first-order valence-corrected chi connectivity index (χ1v) is 11.6. The van der Waals surface area contributed by atoms with Gasteiger partial charge in [-0.1, -0.05) is 0 Å². The fraction of sp³-hybridized carbons (Fsp3) is 0.474. The van der Waals surface area contributed by atoms with Crippen molar-refractivity contribution in [1.82, 2.24) is 14.2 Å². The minimum atomic E-state index is -3.57. The molecule has 1 aromatic carbocycles. The monoisotopic (exact) mass is 419 g/mol. The molecular weight excluding hydrogens is 398 g/mol. The van der Waals surface area contributed by atoms with E-state index in [9.17, 15) is 13.2 Å². The van der Waals surface area contributed by atoms with Crippen molar-refractivity contribution in [2.75, 3.05) is 39.4 Å². The number of nitrogens with zero attached hydrogens (tertiary/aromatic N) is 3. The van der Waals surface area contributed by atoms with Crippen molar-refractivity contribution in [3.8, 4) is 0 Å². The highest BCUT2D eigenvalue weighted by molar-refractivity contribution is 7.89. The molecule has 0 N–H and O–H groups in total. The predicted octanol–water partition coefficient (Wildman–Crippen LogP) is 1.87. The first kappa shape index (κ1) is 18.2. The Morgan fingerprint density at radius 2 is 1.96 bits per heavy atom. The summed E-state index contributed by atoms with van der Waals surface area (Å²) in [7, 11) is -3.57. The number of sulfonamides is 1. The summed E-state index contributed by atoms with van der Waals surface area (Å²) in [4.78, 5) is 19.2. The van der Waals surface area contributed by atoms with E-state index < -0.39 is 15.4 Å². The molecule has 2 aromatic rings. The number of rotatable bonds is 3. The van der Waals surface area contributed by atoms with E-state index in [0.717, 1.165) is 27.8 Å². The van der Waals surface area contributed by atoms with Crippen molar-refractivity contribution < 1.29 is 17.9 Å². The Hall–Kier alpha value is -1.81. The lowest BCUT2D eigenvalue weighted by Crippen LogP contribution is -2.43. The minimum absolute atomic E-state index is 0.115. The average Bonchev–Trinajstić information content (AvgIpc) is 3.43. The maximum absolute atomic E-state index is 13.1. The summed E-state index contributed by atoms with van der Waals surface area (Å²) < 4.78 is 34.0. The van der Waals surface area contributed by atoms with E-state index in [1.165, 1.54) is 15.6 Å². The Morgan fingerprint density at radius 3 is 2.64 bits per heavy atom. The van der Waals surface area contributed by atoms with E-state index in [-0.39, 0.29) is 5.91 Å². The summed E-state index contributed by atoms with van der Waals surface area (Å²) in [6.45, 7) is 4.79.